The number of nitrogens with two attached hydrogens (primary N) is 1. The molecule has 0 aliphatic carbocycles. The predicted octanol–water partition coefficient (Wildman–Crippen LogP) is 1.93. The van der Waals surface area contributed by atoms with Crippen LogP contribution in [0, 0.1) is 0 Å². The SMILES string of the molecule is CN1C(=O)C(N)c2ccc(SC3CCOCC3)cc21. The van der Waals surface area contributed by atoms with E-state index in [1.54, 1.807) is 11.9 Å². The molecule has 1 amide bonds. The molecule has 1 fully saturated rings. The second-order valence-corrected chi connectivity index (χ2v) is 6.40. The molecule has 1 aromatic carbocycles. The number of benzene rings is 1. The highest BCUT2D eigenvalue weighted by Crippen LogP contribution is 2.38. The molecule has 1 atom stereocenters. The summed E-state index contributed by atoms with van der Waals surface area (Å²) in [6.07, 6.45) is 2.19. The van der Waals surface area contributed by atoms with Crippen LogP contribution in [0.25, 0.3) is 0 Å². The quantitative estimate of drug-likeness (QED) is 0.898. The van der Waals surface area contributed by atoms with Crippen LogP contribution >= 0.6 is 11.8 Å². The summed E-state index contributed by atoms with van der Waals surface area (Å²) >= 11 is 1.88. The van der Waals surface area contributed by atoms with E-state index in [-0.39, 0.29) is 5.91 Å². The lowest BCUT2D eigenvalue weighted by atomic mass is 10.1. The van der Waals surface area contributed by atoms with Gasteiger partial charge in [-0.3, -0.25) is 4.79 Å². The highest BCUT2D eigenvalue weighted by molar-refractivity contribution is 8.00. The number of amides is 1. The lowest BCUT2D eigenvalue weighted by molar-refractivity contribution is -0.118. The monoisotopic (exact) mass is 278 g/mol. The van der Waals surface area contributed by atoms with Crippen LogP contribution in [0.1, 0.15) is 24.4 Å². The van der Waals surface area contributed by atoms with E-state index in [1.807, 2.05) is 17.8 Å². The Morgan fingerprint density at radius 2 is 2.11 bits per heavy atom. The molecule has 102 valence electrons. The first-order valence-electron chi connectivity index (χ1n) is 6.58. The zero-order valence-electron chi connectivity index (χ0n) is 11.0. The zero-order chi connectivity index (χ0) is 13.4. The number of ether oxygens (including phenoxy) is 1. The summed E-state index contributed by atoms with van der Waals surface area (Å²) in [5, 5.41) is 0.614. The Labute approximate surface area is 117 Å². The smallest absolute Gasteiger partial charge is 0.248 e. The first-order chi connectivity index (χ1) is 9.16. The van der Waals surface area contributed by atoms with E-state index in [9.17, 15) is 4.79 Å². The van der Waals surface area contributed by atoms with Crippen LogP contribution in [0.4, 0.5) is 5.69 Å². The molecule has 0 spiro atoms. The van der Waals surface area contributed by atoms with Crippen LogP contribution in [-0.2, 0) is 9.53 Å². The van der Waals surface area contributed by atoms with E-state index in [2.05, 4.69) is 12.1 Å². The Kier molecular flexibility index (Phi) is 3.52. The van der Waals surface area contributed by atoms with Crippen molar-refractivity contribution < 1.29 is 9.53 Å². The Balaban J connectivity index is 1.80. The number of likely N-dealkylation sites (N-methyl/N-ethyl adjacent to an activating group) is 1. The summed E-state index contributed by atoms with van der Waals surface area (Å²) in [4.78, 5) is 14.7. The lowest BCUT2D eigenvalue weighted by Crippen LogP contribution is -2.27. The van der Waals surface area contributed by atoms with Gasteiger partial charge >= 0.3 is 0 Å². The zero-order valence-corrected chi connectivity index (χ0v) is 11.8. The number of hydrogen-bond donors (Lipinski definition) is 1. The molecule has 1 aromatic rings. The van der Waals surface area contributed by atoms with Crippen molar-refractivity contribution in [3.8, 4) is 0 Å². The number of anilines is 1. The number of nitrogens with zero attached hydrogens (tertiary/aromatic N) is 1. The lowest BCUT2D eigenvalue weighted by Gasteiger charge is -2.22. The van der Waals surface area contributed by atoms with Crippen LogP contribution in [-0.4, -0.2) is 31.4 Å². The third kappa shape index (κ3) is 2.38. The van der Waals surface area contributed by atoms with Gasteiger partial charge in [-0.1, -0.05) is 6.07 Å². The van der Waals surface area contributed by atoms with Crippen LogP contribution in [0.15, 0.2) is 23.1 Å². The number of carbonyl (C=O) groups is 1. The molecule has 2 aliphatic rings. The van der Waals surface area contributed by atoms with Gasteiger partial charge in [0.2, 0.25) is 5.91 Å². The number of fused-ring (bicyclic) bond motifs is 1. The van der Waals surface area contributed by atoms with Crippen molar-refractivity contribution in [2.75, 3.05) is 25.2 Å². The van der Waals surface area contributed by atoms with Crippen molar-refractivity contribution >= 4 is 23.4 Å². The average molecular weight is 278 g/mol. The van der Waals surface area contributed by atoms with E-state index in [0.29, 0.717) is 5.25 Å². The Hall–Kier alpha value is -1.04. The molecule has 0 aromatic heterocycles. The summed E-state index contributed by atoms with van der Waals surface area (Å²) in [5.41, 5.74) is 7.79. The van der Waals surface area contributed by atoms with Crippen molar-refractivity contribution in [1.29, 1.82) is 0 Å². The molecule has 0 bridgehead atoms. The van der Waals surface area contributed by atoms with Gasteiger partial charge in [-0.05, 0) is 25.0 Å². The van der Waals surface area contributed by atoms with Crippen molar-refractivity contribution in [3.63, 3.8) is 0 Å². The van der Waals surface area contributed by atoms with Crippen molar-refractivity contribution in [2.45, 2.75) is 29.0 Å². The highest BCUT2D eigenvalue weighted by atomic mass is 32.2. The minimum atomic E-state index is -0.498. The Bertz CT molecular complexity index is 500. The molecule has 2 heterocycles. The second kappa shape index (κ2) is 5.15. The van der Waals surface area contributed by atoms with Gasteiger partial charge in [0.05, 0.1) is 0 Å². The van der Waals surface area contributed by atoms with E-state index in [1.165, 1.54) is 4.90 Å². The molecule has 2 aliphatic heterocycles. The number of hydrogen-bond acceptors (Lipinski definition) is 4. The Morgan fingerprint density at radius 1 is 1.37 bits per heavy atom. The largest absolute Gasteiger partial charge is 0.381 e. The standard InChI is InChI=1S/C14H18N2O2S/c1-16-12-8-10(19-9-4-6-18-7-5-9)2-3-11(12)13(15)14(16)17/h2-3,8-9,13H,4-7,15H2,1H3. The van der Waals surface area contributed by atoms with E-state index in [4.69, 9.17) is 10.5 Å². The summed E-state index contributed by atoms with van der Waals surface area (Å²) in [6.45, 7) is 1.71. The topological polar surface area (TPSA) is 55.6 Å². The third-order valence-corrected chi connectivity index (χ3v) is 5.10. The molecule has 4 nitrogen and oxygen atoms in total. The van der Waals surface area contributed by atoms with Crippen molar-refractivity contribution in [2.24, 2.45) is 5.73 Å². The van der Waals surface area contributed by atoms with Gasteiger partial charge in [0, 0.05) is 41.7 Å². The van der Waals surface area contributed by atoms with Crippen molar-refractivity contribution in [1.82, 2.24) is 0 Å². The van der Waals surface area contributed by atoms with Crippen LogP contribution in [0.5, 0.6) is 0 Å². The summed E-state index contributed by atoms with van der Waals surface area (Å²) in [5.74, 6) is -0.0248. The summed E-state index contributed by atoms with van der Waals surface area (Å²) in [7, 11) is 1.79. The maximum atomic E-state index is 11.8. The summed E-state index contributed by atoms with van der Waals surface area (Å²) in [6, 6.07) is 5.65. The second-order valence-electron chi connectivity index (χ2n) is 5.03. The fourth-order valence-electron chi connectivity index (χ4n) is 2.60. The first kappa shape index (κ1) is 13.0. The van der Waals surface area contributed by atoms with Gasteiger partial charge in [-0.2, -0.15) is 0 Å². The fourth-order valence-corrected chi connectivity index (χ4v) is 3.74. The molecule has 1 unspecified atom stereocenters. The first-order valence-corrected chi connectivity index (χ1v) is 7.46. The van der Waals surface area contributed by atoms with E-state index >= 15 is 0 Å². The third-order valence-electron chi connectivity index (χ3n) is 3.77. The summed E-state index contributed by atoms with van der Waals surface area (Å²) < 4.78 is 5.37. The highest BCUT2D eigenvalue weighted by Gasteiger charge is 2.32. The predicted molar refractivity (Wildman–Crippen MR) is 76.5 cm³/mol. The molecule has 19 heavy (non-hydrogen) atoms. The van der Waals surface area contributed by atoms with Gasteiger partial charge in [-0.25, -0.2) is 0 Å². The molecule has 2 N–H and O–H groups in total. The molecule has 0 saturated carbocycles. The minimum Gasteiger partial charge on any atom is -0.381 e. The molecule has 3 rings (SSSR count). The van der Waals surface area contributed by atoms with Crippen LogP contribution in [0.3, 0.4) is 0 Å². The van der Waals surface area contributed by atoms with Gasteiger partial charge in [0.1, 0.15) is 6.04 Å². The number of rotatable bonds is 2. The van der Waals surface area contributed by atoms with Crippen LogP contribution in [0.2, 0.25) is 0 Å². The van der Waals surface area contributed by atoms with Gasteiger partial charge < -0.3 is 15.4 Å². The average Bonchev–Trinajstić information content (AvgIpc) is 2.65. The van der Waals surface area contributed by atoms with Gasteiger partial charge in [0.25, 0.3) is 0 Å². The maximum Gasteiger partial charge on any atom is 0.248 e. The molecule has 1 saturated heterocycles. The normalized spacial score (nSPS) is 23.8. The minimum absolute atomic E-state index is 0.0248. The molecular weight excluding hydrogens is 260 g/mol. The molecular formula is C14H18N2O2S. The number of carbonyl (C=O) groups excluding carboxylic acids is 1. The van der Waals surface area contributed by atoms with Gasteiger partial charge in [-0.15, -0.1) is 11.8 Å². The molecule has 0 radical (unpaired) electrons. The van der Waals surface area contributed by atoms with E-state index in [0.717, 1.165) is 37.3 Å². The van der Waals surface area contributed by atoms with Crippen molar-refractivity contribution in [3.05, 3.63) is 23.8 Å². The number of thioether (sulfide) groups is 1. The van der Waals surface area contributed by atoms with Crippen LogP contribution < -0.4 is 10.6 Å². The molecule has 5 heteroatoms. The Morgan fingerprint density at radius 3 is 2.84 bits per heavy atom. The fraction of sp³-hybridized carbons (Fsp3) is 0.500. The van der Waals surface area contributed by atoms with E-state index < -0.39 is 6.04 Å². The van der Waals surface area contributed by atoms with Gasteiger partial charge in [0.15, 0.2) is 0 Å². The maximum absolute atomic E-state index is 11.8.